The van der Waals surface area contributed by atoms with Gasteiger partial charge in [0.25, 0.3) is 0 Å². The molecule has 0 aliphatic rings. The molecule has 0 fully saturated rings. The van der Waals surface area contributed by atoms with Crippen LogP contribution in [0.15, 0.2) is 71.9 Å². The molecule has 4 rings (SSSR count). The molecule has 1 heterocycles. The number of thioether (sulfide) groups is 1. The summed E-state index contributed by atoms with van der Waals surface area (Å²) in [4.78, 5) is 12.8. The van der Waals surface area contributed by atoms with Crippen LogP contribution in [0.1, 0.15) is 12.5 Å². The Bertz CT molecular complexity index is 1320. The number of rotatable bonds is 10. The molecule has 0 unspecified atom stereocenters. The van der Waals surface area contributed by atoms with Crippen molar-refractivity contribution in [1.82, 2.24) is 14.8 Å². The quantitative estimate of drug-likeness (QED) is 0.290. The van der Waals surface area contributed by atoms with Crippen LogP contribution >= 0.6 is 11.8 Å². The summed E-state index contributed by atoms with van der Waals surface area (Å²) in [7, 11) is 3.21. The Kier molecular flexibility index (Phi) is 8.12. The highest BCUT2D eigenvalue weighted by Gasteiger charge is 2.18. The molecule has 0 bridgehead atoms. The maximum atomic E-state index is 12.8. The standard InChI is InChI=1S/C27H28N4O4S/c1-5-35-22-13-9-20(10-14-22)31-26(19-7-11-21(33-3)12-8-19)29-30-27(31)36-17-25(32)28-23-16-18(2)6-15-24(23)34-4/h6-16H,5,17H2,1-4H3,(H,28,32). The summed E-state index contributed by atoms with van der Waals surface area (Å²) in [6, 6.07) is 21.0. The molecule has 9 heteroatoms. The normalized spacial score (nSPS) is 10.7. The molecule has 0 radical (unpaired) electrons. The van der Waals surface area contributed by atoms with Gasteiger partial charge >= 0.3 is 0 Å². The van der Waals surface area contributed by atoms with E-state index in [0.29, 0.717) is 29.0 Å². The van der Waals surface area contributed by atoms with Gasteiger partial charge in [0.05, 0.1) is 32.3 Å². The predicted octanol–water partition coefficient (Wildman–Crippen LogP) is 5.39. The van der Waals surface area contributed by atoms with E-state index in [1.54, 1.807) is 14.2 Å². The number of methoxy groups -OCH3 is 2. The van der Waals surface area contributed by atoms with Crippen LogP contribution in [-0.2, 0) is 4.79 Å². The Morgan fingerprint density at radius 1 is 0.944 bits per heavy atom. The summed E-state index contributed by atoms with van der Waals surface area (Å²) in [6.45, 7) is 4.50. The minimum Gasteiger partial charge on any atom is -0.497 e. The fraction of sp³-hybridized carbons (Fsp3) is 0.222. The van der Waals surface area contributed by atoms with Gasteiger partial charge in [-0.2, -0.15) is 0 Å². The minimum absolute atomic E-state index is 0.148. The number of hydrogen-bond donors (Lipinski definition) is 1. The second-order valence-corrected chi connectivity index (χ2v) is 8.78. The molecule has 0 atom stereocenters. The topological polar surface area (TPSA) is 87.5 Å². The lowest BCUT2D eigenvalue weighted by Gasteiger charge is -2.13. The third-order valence-corrected chi connectivity index (χ3v) is 6.28. The first-order valence-corrected chi connectivity index (χ1v) is 12.4. The molecule has 8 nitrogen and oxygen atoms in total. The first-order chi connectivity index (χ1) is 17.5. The van der Waals surface area contributed by atoms with Crippen LogP contribution in [0.4, 0.5) is 5.69 Å². The average Bonchev–Trinajstić information content (AvgIpc) is 3.32. The highest BCUT2D eigenvalue weighted by Crippen LogP contribution is 2.31. The Labute approximate surface area is 214 Å². The average molecular weight is 505 g/mol. The van der Waals surface area contributed by atoms with Gasteiger partial charge in [-0.25, -0.2) is 0 Å². The monoisotopic (exact) mass is 504 g/mol. The molecule has 1 N–H and O–H groups in total. The summed E-state index contributed by atoms with van der Waals surface area (Å²) < 4.78 is 18.2. The molecule has 36 heavy (non-hydrogen) atoms. The third kappa shape index (κ3) is 5.80. The number of nitrogens with one attached hydrogen (secondary N) is 1. The van der Waals surface area contributed by atoms with Crippen molar-refractivity contribution in [1.29, 1.82) is 0 Å². The Morgan fingerprint density at radius 3 is 2.33 bits per heavy atom. The Morgan fingerprint density at radius 2 is 1.67 bits per heavy atom. The fourth-order valence-corrected chi connectivity index (χ4v) is 4.37. The zero-order valence-electron chi connectivity index (χ0n) is 20.6. The van der Waals surface area contributed by atoms with Crippen molar-refractivity contribution >= 4 is 23.4 Å². The smallest absolute Gasteiger partial charge is 0.234 e. The SMILES string of the molecule is CCOc1ccc(-n2c(SCC(=O)Nc3cc(C)ccc3OC)nnc2-c2ccc(OC)cc2)cc1. The molecule has 1 aromatic heterocycles. The Hall–Kier alpha value is -3.98. The number of carbonyl (C=O) groups is 1. The Balaban J connectivity index is 1.61. The van der Waals surface area contributed by atoms with Gasteiger partial charge in [-0.1, -0.05) is 17.8 Å². The molecule has 4 aromatic rings. The lowest BCUT2D eigenvalue weighted by Crippen LogP contribution is -2.15. The van der Waals surface area contributed by atoms with E-state index in [-0.39, 0.29) is 11.7 Å². The molecule has 3 aromatic carbocycles. The third-order valence-electron chi connectivity index (χ3n) is 5.35. The summed E-state index contributed by atoms with van der Waals surface area (Å²) >= 11 is 1.31. The van der Waals surface area contributed by atoms with E-state index in [1.165, 1.54) is 11.8 Å². The van der Waals surface area contributed by atoms with Crippen molar-refractivity contribution in [2.45, 2.75) is 19.0 Å². The van der Waals surface area contributed by atoms with E-state index < -0.39 is 0 Å². The van der Waals surface area contributed by atoms with Crippen LogP contribution in [-0.4, -0.2) is 47.3 Å². The van der Waals surface area contributed by atoms with Crippen LogP contribution in [0.2, 0.25) is 0 Å². The molecular formula is C27H28N4O4S. The van der Waals surface area contributed by atoms with Crippen molar-refractivity contribution in [3.63, 3.8) is 0 Å². The summed E-state index contributed by atoms with van der Waals surface area (Å²) in [5.74, 6) is 2.78. The van der Waals surface area contributed by atoms with Crippen LogP contribution in [0, 0.1) is 6.92 Å². The molecular weight excluding hydrogens is 476 g/mol. The minimum atomic E-state index is -0.170. The van der Waals surface area contributed by atoms with Gasteiger partial charge in [-0.3, -0.25) is 9.36 Å². The van der Waals surface area contributed by atoms with Crippen molar-refractivity contribution in [3.05, 3.63) is 72.3 Å². The van der Waals surface area contributed by atoms with Gasteiger partial charge in [0.1, 0.15) is 17.2 Å². The maximum Gasteiger partial charge on any atom is 0.234 e. The summed E-state index contributed by atoms with van der Waals surface area (Å²) in [5, 5.41) is 12.4. The lowest BCUT2D eigenvalue weighted by molar-refractivity contribution is -0.113. The van der Waals surface area contributed by atoms with Gasteiger partial charge in [-0.05, 0) is 80.1 Å². The number of aromatic nitrogens is 3. The molecule has 0 aliphatic carbocycles. The number of amides is 1. The zero-order chi connectivity index (χ0) is 25.5. The van der Waals surface area contributed by atoms with Gasteiger partial charge in [0.2, 0.25) is 5.91 Å². The highest BCUT2D eigenvalue weighted by atomic mass is 32.2. The largest absolute Gasteiger partial charge is 0.497 e. The van der Waals surface area contributed by atoms with Gasteiger partial charge < -0.3 is 19.5 Å². The van der Waals surface area contributed by atoms with Crippen LogP contribution < -0.4 is 19.5 Å². The van der Waals surface area contributed by atoms with Crippen LogP contribution in [0.5, 0.6) is 17.2 Å². The lowest BCUT2D eigenvalue weighted by atomic mass is 10.2. The first kappa shape index (κ1) is 25.1. The number of hydrogen-bond acceptors (Lipinski definition) is 7. The van der Waals surface area contributed by atoms with Crippen LogP contribution in [0.3, 0.4) is 0 Å². The molecule has 0 saturated heterocycles. The van der Waals surface area contributed by atoms with Gasteiger partial charge in [0.15, 0.2) is 11.0 Å². The van der Waals surface area contributed by atoms with Crippen molar-refractivity contribution in [3.8, 4) is 34.3 Å². The van der Waals surface area contributed by atoms with Gasteiger partial charge in [0, 0.05) is 11.3 Å². The van der Waals surface area contributed by atoms with Crippen LogP contribution in [0.25, 0.3) is 17.1 Å². The number of ether oxygens (including phenoxy) is 3. The molecule has 0 aliphatic heterocycles. The molecule has 186 valence electrons. The summed E-state index contributed by atoms with van der Waals surface area (Å²) in [5.41, 5.74) is 3.39. The number of nitrogens with zero attached hydrogens (tertiary/aromatic N) is 3. The predicted molar refractivity (Wildman–Crippen MR) is 142 cm³/mol. The maximum absolute atomic E-state index is 12.8. The van der Waals surface area contributed by atoms with Gasteiger partial charge in [-0.15, -0.1) is 10.2 Å². The first-order valence-electron chi connectivity index (χ1n) is 11.4. The van der Waals surface area contributed by atoms with Crippen molar-refractivity contribution in [2.24, 2.45) is 0 Å². The molecule has 1 amide bonds. The number of carbonyl (C=O) groups excluding carboxylic acids is 1. The summed E-state index contributed by atoms with van der Waals surface area (Å²) in [6.07, 6.45) is 0. The molecule has 0 saturated carbocycles. The second kappa shape index (κ2) is 11.6. The number of aryl methyl sites for hydroxylation is 1. The van der Waals surface area contributed by atoms with Crippen molar-refractivity contribution < 1.29 is 19.0 Å². The van der Waals surface area contributed by atoms with E-state index in [9.17, 15) is 4.79 Å². The van der Waals surface area contributed by atoms with E-state index >= 15 is 0 Å². The van der Waals surface area contributed by atoms with E-state index in [2.05, 4.69) is 15.5 Å². The molecule has 0 spiro atoms. The van der Waals surface area contributed by atoms with E-state index in [0.717, 1.165) is 28.3 Å². The fourth-order valence-electron chi connectivity index (χ4n) is 3.62. The van der Waals surface area contributed by atoms with E-state index in [1.807, 2.05) is 85.1 Å². The second-order valence-electron chi connectivity index (χ2n) is 7.84. The number of anilines is 1. The zero-order valence-corrected chi connectivity index (χ0v) is 21.5. The number of benzene rings is 3. The highest BCUT2D eigenvalue weighted by molar-refractivity contribution is 7.99. The van der Waals surface area contributed by atoms with Crippen molar-refractivity contribution in [2.75, 3.05) is 31.9 Å². The van der Waals surface area contributed by atoms with E-state index in [4.69, 9.17) is 14.2 Å².